The number of fused-ring (bicyclic) bond motifs is 2. The van der Waals surface area contributed by atoms with Gasteiger partial charge >= 0.3 is 0 Å². The van der Waals surface area contributed by atoms with Crippen molar-refractivity contribution in [1.82, 2.24) is 15.2 Å². The van der Waals surface area contributed by atoms with Crippen LogP contribution in [0.4, 0.5) is 16.0 Å². The summed E-state index contributed by atoms with van der Waals surface area (Å²) in [5.41, 5.74) is 2.20. The summed E-state index contributed by atoms with van der Waals surface area (Å²) in [5, 5.41) is 11.9. The van der Waals surface area contributed by atoms with Crippen LogP contribution in [0.25, 0.3) is 33.2 Å². The van der Waals surface area contributed by atoms with Gasteiger partial charge in [-0.15, -0.1) is 10.1 Å². The number of aromatic nitrogens is 4. The van der Waals surface area contributed by atoms with Gasteiger partial charge in [-0.25, -0.2) is 9.37 Å². The highest BCUT2D eigenvalue weighted by Gasteiger charge is 2.18. The predicted molar refractivity (Wildman–Crippen MR) is 103 cm³/mol. The number of H-pyrrole nitrogens is 2. The van der Waals surface area contributed by atoms with E-state index in [0.717, 1.165) is 28.1 Å². The van der Waals surface area contributed by atoms with Crippen LogP contribution in [0.1, 0.15) is 0 Å². The first-order valence-corrected chi connectivity index (χ1v) is 8.57. The van der Waals surface area contributed by atoms with Gasteiger partial charge in [-0.05, 0) is 36.4 Å². The van der Waals surface area contributed by atoms with Gasteiger partial charge < -0.3 is 0 Å². The van der Waals surface area contributed by atoms with Gasteiger partial charge in [-0.2, -0.15) is 0 Å². The third-order valence-electron chi connectivity index (χ3n) is 4.49. The van der Waals surface area contributed by atoms with Crippen molar-refractivity contribution >= 4 is 33.4 Å². The van der Waals surface area contributed by atoms with Gasteiger partial charge in [-0.1, -0.05) is 36.4 Å². The Bertz CT molecular complexity index is 1260. The van der Waals surface area contributed by atoms with Crippen LogP contribution < -0.4 is 10.3 Å². The van der Waals surface area contributed by atoms with Crippen molar-refractivity contribution in [3.8, 4) is 11.4 Å². The Hall–Kier alpha value is -3.80. The number of hydrogen-bond acceptors (Lipinski definition) is 3. The summed E-state index contributed by atoms with van der Waals surface area (Å²) >= 11 is 0. The lowest BCUT2D eigenvalue weighted by molar-refractivity contribution is -0.349. The van der Waals surface area contributed by atoms with Crippen molar-refractivity contribution in [2.45, 2.75) is 0 Å². The molecule has 5 aromatic rings. The minimum absolute atomic E-state index is 0.332. The molecule has 0 unspecified atom stereocenters. The van der Waals surface area contributed by atoms with E-state index < -0.39 is 0 Å². The van der Waals surface area contributed by atoms with E-state index in [1.54, 1.807) is 6.07 Å². The third kappa shape index (κ3) is 2.67. The van der Waals surface area contributed by atoms with Crippen LogP contribution in [-0.2, 0) is 0 Å². The predicted octanol–water partition coefficient (Wildman–Crippen LogP) is 4.47. The number of nitrogens with one attached hydrogen (secondary N) is 3. The van der Waals surface area contributed by atoms with E-state index >= 15 is 0 Å². The van der Waals surface area contributed by atoms with Crippen molar-refractivity contribution in [2.75, 3.05) is 5.32 Å². The molecule has 3 N–H and O–H groups in total. The van der Waals surface area contributed by atoms with E-state index in [9.17, 15) is 4.39 Å². The van der Waals surface area contributed by atoms with Crippen molar-refractivity contribution in [2.24, 2.45) is 0 Å². The van der Waals surface area contributed by atoms with Crippen LogP contribution in [0.15, 0.2) is 72.8 Å². The minimum Gasteiger partial charge on any atom is -0.271 e. The monoisotopic (exact) mass is 356 g/mol. The summed E-state index contributed by atoms with van der Waals surface area (Å²) in [6.07, 6.45) is 0. The zero-order valence-electron chi connectivity index (χ0n) is 14.2. The maximum atomic E-state index is 14.0. The maximum Gasteiger partial charge on any atom is 0.268 e. The molecule has 0 radical (unpaired) electrons. The second kappa shape index (κ2) is 6.17. The summed E-state index contributed by atoms with van der Waals surface area (Å²) in [5.74, 6) is 1.71. The minimum atomic E-state index is -0.332. The van der Waals surface area contributed by atoms with Gasteiger partial charge in [0, 0.05) is 0 Å². The number of halogens is 1. The van der Waals surface area contributed by atoms with Gasteiger partial charge in [0.25, 0.3) is 5.82 Å². The molecule has 0 saturated carbocycles. The number of hydrogen-bond donors (Lipinski definition) is 2. The SMILES string of the molecule is Fc1cccc2c(Nc3[nH+]c(-c4ccccc4)nc4ccccc34)n[nH]c12. The lowest BCUT2D eigenvalue weighted by Crippen LogP contribution is -2.16. The Morgan fingerprint density at radius 1 is 0.852 bits per heavy atom. The first-order chi connectivity index (χ1) is 13.3. The van der Waals surface area contributed by atoms with Gasteiger partial charge in [0.2, 0.25) is 11.6 Å². The highest BCUT2D eigenvalue weighted by molar-refractivity contribution is 5.95. The zero-order chi connectivity index (χ0) is 18.2. The molecule has 0 bridgehead atoms. The number of para-hydroxylation sites is 2. The summed E-state index contributed by atoms with van der Waals surface area (Å²) in [7, 11) is 0. The fourth-order valence-electron chi connectivity index (χ4n) is 3.17. The number of nitrogens with zero attached hydrogens (tertiary/aromatic N) is 2. The molecular formula is C21H15FN5+. The molecule has 0 aliphatic rings. The molecular weight excluding hydrogens is 341 g/mol. The van der Waals surface area contributed by atoms with E-state index in [1.165, 1.54) is 6.07 Å². The zero-order valence-corrected chi connectivity index (χ0v) is 14.2. The topological polar surface area (TPSA) is 67.7 Å². The van der Waals surface area contributed by atoms with Crippen molar-refractivity contribution < 1.29 is 9.37 Å². The fourth-order valence-corrected chi connectivity index (χ4v) is 3.17. The Balaban J connectivity index is 1.68. The van der Waals surface area contributed by atoms with E-state index in [4.69, 9.17) is 4.98 Å². The van der Waals surface area contributed by atoms with Crippen molar-refractivity contribution in [1.29, 1.82) is 0 Å². The lowest BCUT2D eigenvalue weighted by Gasteiger charge is -2.04. The molecule has 0 saturated heterocycles. The second-order valence-electron chi connectivity index (χ2n) is 6.20. The quantitative estimate of drug-likeness (QED) is 0.501. The molecule has 6 heteroatoms. The number of rotatable bonds is 3. The molecule has 0 atom stereocenters. The summed E-state index contributed by atoms with van der Waals surface area (Å²) < 4.78 is 14.0. The van der Waals surface area contributed by atoms with E-state index in [0.29, 0.717) is 16.7 Å². The summed E-state index contributed by atoms with van der Waals surface area (Å²) in [4.78, 5) is 8.08. The maximum absolute atomic E-state index is 14.0. The van der Waals surface area contributed by atoms with E-state index in [1.807, 2.05) is 60.7 Å². The molecule has 5 rings (SSSR count). The molecule has 27 heavy (non-hydrogen) atoms. The van der Waals surface area contributed by atoms with Crippen LogP contribution in [0.3, 0.4) is 0 Å². The molecule has 0 aliphatic heterocycles. The highest BCUT2D eigenvalue weighted by Crippen LogP contribution is 2.28. The number of aromatic amines is 2. The molecule has 0 spiro atoms. The third-order valence-corrected chi connectivity index (χ3v) is 4.49. The Kier molecular flexibility index (Phi) is 3.53. The molecule has 0 amide bonds. The lowest BCUT2D eigenvalue weighted by atomic mass is 10.2. The van der Waals surface area contributed by atoms with Crippen molar-refractivity contribution in [3.63, 3.8) is 0 Å². The Labute approximate surface area is 153 Å². The van der Waals surface area contributed by atoms with E-state index in [2.05, 4.69) is 20.5 Å². The molecule has 0 fully saturated rings. The smallest absolute Gasteiger partial charge is 0.268 e. The average molecular weight is 356 g/mol. The van der Waals surface area contributed by atoms with Crippen LogP contribution in [0.2, 0.25) is 0 Å². The number of anilines is 2. The fraction of sp³-hybridized carbons (Fsp3) is 0. The molecule has 130 valence electrons. The van der Waals surface area contributed by atoms with E-state index in [-0.39, 0.29) is 5.82 Å². The molecule has 0 aliphatic carbocycles. The van der Waals surface area contributed by atoms with Crippen LogP contribution in [-0.4, -0.2) is 15.2 Å². The molecule has 2 heterocycles. The van der Waals surface area contributed by atoms with Gasteiger partial charge in [0.1, 0.15) is 11.3 Å². The number of benzene rings is 3. The molecule has 3 aromatic carbocycles. The molecule has 2 aromatic heterocycles. The van der Waals surface area contributed by atoms with Gasteiger partial charge in [0.15, 0.2) is 5.52 Å². The average Bonchev–Trinajstić information content (AvgIpc) is 3.13. The van der Waals surface area contributed by atoms with Crippen LogP contribution in [0, 0.1) is 5.82 Å². The first-order valence-electron chi connectivity index (χ1n) is 8.57. The van der Waals surface area contributed by atoms with Gasteiger partial charge in [0.05, 0.1) is 16.3 Å². The van der Waals surface area contributed by atoms with Gasteiger partial charge in [-0.3, -0.25) is 10.4 Å². The van der Waals surface area contributed by atoms with Crippen molar-refractivity contribution in [3.05, 3.63) is 78.6 Å². The largest absolute Gasteiger partial charge is 0.271 e. The first kappa shape index (κ1) is 15.5. The van der Waals surface area contributed by atoms with Crippen LogP contribution in [0.5, 0.6) is 0 Å². The highest BCUT2D eigenvalue weighted by atomic mass is 19.1. The second-order valence-corrected chi connectivity index (χ2v) is 6.20. The summed E-state index contributed by atoms with van der Waals surface area (Å²) in [6.45, 7) is 0. The van der Waals surface area contributed by atoms with Crippen LogP contribution >= 0.6 is 0 Å². The standard InChI is InChI=1S/C21H14FN5/c22-16-11-6-10-15-18(16)26-27-21(15)25-20-14-9-4-5-12-17(14)23-19(24-20)13-7-2-1-3-8-13/h1-12H,(H2,23,24,25,26,27)/p+1. The normalized spacial score (nSPS) is 11.1. The summed E-state index contributed by atoms with van der Waals surface area (Å²) in [6, 6.07) is 22.6. The Morgan fingerprint density at radius 3 is 2.52 bits per heavy atom. The Morgan fingerprint density at radius 2 is 1.63 bits per heavy atom. The molecule has 5 nitrogen and oxygen atoms in total.